The SMILES string of the molecule is O=C(NC1CC(=O)N(Cc2ccccc2-c2ccc(C3OC(CSc4cccc[n+]4[O-])CC(c4ccc(CO)cc4)O3)cc2)C1=O)OCc1ccccc1. The molecule has 2 fully saturated rings. The zero-order valence-corrected chi connectivity index (χ0v) is 30.1. The van der Waals surface area contributed by atoms with Crippen molar-refractivity contribution in [3.8, 4) is 11.1 Å². The molecule has 54 heavy (non-hydrogen) atoms. The van der Waals surface area contributed by atoms with Gasteiger partial charge in [0.25, 0.3) is 10.9 Å². The average molecular weight is 746 g/mol. The Labute approximate surface area is 317 Å². The number of likely N-dealkylation sites (tertiary alicyclic amines) is 1. The summed E-state index contributed by atoms with van der Waals surface area (Å²) >= 11 is 1.43. The fraction of sp³-hybridized carbons (Fsp3) is 0.238. The number of aliphatic hydroxyl groups excluding tert-OH is 1. The smallest absolute Gasteiger partial charge is 0.408 e. The van der Waals surface area contributed by atoms with E-state index in [1.807, 2.05) is 109 Å². The Morgan fingerprint density at radius 2 is 1.59 bits per heavy atom. The van der Waals surface area contributed by atoms with Gasteiger partial charge in [0.05, 0.1) is 31.8 Å². The van der Waals surface area contributed by atoms with Crippen LogP contribution < -0.4 is 10.0 Å². The van der Waals surface area contributed by atoms with Crippen LogP contribution in [-0.4, -0.2) is 45.8 Å². The number of aromatic nitrogens is 1. The molecule has 4 atom stereocenters. The minimum absolute atomic E-state index is 0.0442. The number of thioether (sulfide) groups is 1. The molecule has 1 aromatic heterocycles. The highest BCUT2D eigenvalue weighted by molar-refractivity contribution is 7.99. The number of carbonyl (C=O) groups is 3. The summed E-state index contributed by atoms with van der Waals surface area (Å²) in [4.78, 5) is 39.9. The second-order valence-corrected chi connectivity index (χ2v) is 14.1. The molecule has 2 aliphatic heterocycles. The van der Waals surface area contributed by atoms with Crippen LogP contribution in [0.5, 0.6) is 0 Å². The second-order valence-electron chi connectivity index (χ2n) is 13.1. The minimum atomic E-state index is -1.00. The molecule has 2 N–H and O–H groups in total. The summed E-state index contributed by atoms with van der Waals surface area (Å²) in [6.45, 7) is 0.0438. The van der Waals surface area contributed by atoms with E-state index in [4.69, 9.17) is 14.2 Å². The zero-order chi connectivity index (χ0) is 37.4. The van der Waals surface area contributed by atoms with E-state index in [2.05, 4.69) is 5.32 Å². The van der Waals surface area contributed by atoms with Crippen molar-refractivity contribution in [2.24, 2.45) is 0 Å². The van der Waals surface area contributed by atoms with Crippen molar-refractivity contribution < 1.29 is 38.4 Å². The predicted octanol–water partition coefficient (Wildman–Crippen LogP) is 6.37. The molecular formula is C42H39N3O8S. The lowest BCUT2D eigenvalue weighted by atomic mass is 9.97. The standard InChI is InChI=1S/C42H39N3O8S/c46-25-28-13-15-31(16-14-28)37-22-34(27-54-39-12-6-7-21-45(39)50)52-41(53-37)32-19-17-30(18-20-32)35-11-5-4-10-33(35)24-44-38(47)23-36(40(44)48)43-42(49)51-26-29-8-2-1-3-9-29/h1-21,34,36-37,41,46H,22-27H2,(H,43,49). The first-order valence-electron chi connectivity index (χ1n) is 17.7. The van der Waals surface area contributed by atoms with Crippen LogP contribution in [0.3, 0.4) is 0 Å². The predicted molar refractivity (Wildman–Crippen MR) is 200 cm³/mol. The summed E-state index contributed by atoms with van der Waals surface area (Å²) in [6.07, 6.45) is -0.0443. The minimum Gasteiger partial charge on any atom is -0.618 e. The number of rotatable bonds is 12. The Balaban J connectivity index is 1.03. The van der Waals surface area contributed by atoms with E-state index in [0.717, 1.165) is 43.7 Å². The highest BCUT2D eigenvalue weighted by Crippen LogP contribution is 2.40. The molecular weight excluding hydrogens is 707 g/mol. The van der Waals surface area contributed by atoms with Gasteiger partial charge in [-0.25, -0.2) is 4.79 Å². The first-order chi connectivity index (χ1) is 26.3. The summed E-state index contributed by atoms with van der Waals surface area (Å²) in [5, 5.41) is 25.0. The molecule has 3 amide bonds. The third-order valence-electron chi connectivity index (χ3n) is 9.41. The lowest BCUT2D eigenvalue weighted by Gasteiger charge is -2.36. The number of aliphatic hydroxyl groups is 1. The van der Waals surface area contributed by atoms with Crippen molar-refractivity contribution in [2.45, 2.75) is 62.2 Å². The van der Waals surface area contributed by atoms with Gasteiger partial charge in [-0.3, -0.25) is 14.5 Å². The monoisotopic (exact) mass is 745 g/mol. The lowest BCUT2D eigenvalue weighted by Crippen LogP contribution is -2.41. The van der Waals surface area contributed by atoms with Gasteiger partial charge in [0.1, 0.15) is 12.6 Å². The largest absolute Gasteiger partial charge is 0.618 e. The van der Waals surface area contributed by atoms with Gasteiger partial charge in [0, 0.05) is 29.9 Å². The van der Waals surface area contributed by atoms with Crippen LogP contribution in [0.25, 0.3) is 11.1 Å². The fourth-order valence-corrected chi connectivity index (χ4v) is 7.46. The summed E-state index contributed by atoms with van der Waals surface area (Å²) in [5.41, 5.74) is 5.87. The van der Waals surface area contributed by atoms with E-state index in [9.17, 15) is 24.7 Å². The van der Waals surface area contributed by atoms with Crippen molar-refractivity contribution >= 4 is 29.7 Å². The molecule has 0 bridgehead atoms. The van der Waals surface area contributed by atoms with Gasteiger partial charge in [0.2, 0.25) is 5.91 Å². The number of nitrogens with zero attached hydrogens (tertiary/aromatic N) is 2. The molecule has 11 nitrogen and oxygen atoms in total. The van der Waals surface area contributed by atoms with Crippen LogP contribution in [0, 0.1) is 5.21 Å². The molecule has 4 aromatic carbocycles. The lowest BCUT2D eigenvalue weighted by molar-refractivity contribution is -0.645. The van der Waals surface area contributed by atoms with E-state index < -0.39 is 24.3 Å². The molecule has 2 aliphatic rings. The van der Waals surface area contributed by atoms with E-state index >= 15 is 0 Å². The van der Waals surface area contributed by atoms with Crippen molar-refractivity contribution in [1.82, 2.24) is 10.2 Å². The number of nitrogens with one attached hydrogen (secondary N) is 1. The molecule has 5 aromatic rings. The number of carbonyl (C=O) groups excluding carboxylic acids is 3. The fourth-order valence-electron chi connectivity index (χ4n) is 6.52. The Hall–Kier alpha value is -5.53. The Morgan fingerprint density at radius 3 is 2.35 bits per heavy atom. The molecule has 3 heterocycles. The summed E-state index contributed by atoms with van der Waals surface area (Å²) < 4.78 is 19.1. The number of ether oxygens (including phenoxy) is 3. The van der Waals surface area contributed by atoms with Gasteiger partial charge in [-0.1, -0.05) is 115 Å². The number of pyridine rings is 1. The van der Waals surface area contributed by atoms with Crippen molar-refractivity contribution in [1.29, 1.82) is 0 Å². The summed E-state index contributed by atoms with van der Waals surface area (Å²) in [7, 11) is 0. The number of hydrogen-bond acceptors (Lipinski definition) is 9. The number of amides is 3. The van der Waals surface area contributed by atoms with Gasteiger partial charge in [-0.2, -0.15) is 4.73 Å². The second kappa shape index (κ2) is 17.1. The third kappa shape index (κ3) is 8.80. The van der Waals surface area contributed by atoms with Crippen LogP contribution in [0.2, 0.25) is 0 Å². The van der Waals surface area contributed by atoms with Crippen LogP contribution in [-0.2, 0) is 43.6 Å². The molecule has 7 rings (SSSR count). The van der Waals surface area contributed by atoms with Crippen LogP contribution in [0.1, 0.15) is 53.1 Å². The molecule has 2 saturated heterocycles. The van der Waals surface area contributed by atoms with E-state index in [1.54, 1.807) is 12.1 Å². The van der Waals surface area contributed by atoms with E-state index in [-0.39, 0.29) is 44.3 Å². The first-order valence-corrected chi connectivity index (χ1v) is 18.6. The van der Waals surface area contributed by atoms with Gasteiger partial charge in [-0.15, -0.1) is 0 Å². The van der Waals surface area contributed by atoms with Gasteiger partial charge in [0.15, 0.2) is 12.5 Å². The molecule has 0 aliphatic carbocycles. The van der Waals surface area contributed by atoms with Crippen LogP contribution in [0.15, 0.2) is 133 Å². The topological polar surface area (TPSA) is 141 Å². The van der Waals surface area contributed by atoms with Gasteiger partial charge >= 0.3 is 6.09 Å². The third-order valence-corrected chi connectivity index (χ3v) is 10.6. The first kappa shape index (κ1) is 36.8. The van der Waals surface area contributed by atoms with Gasteiger partial charge in [-0.05, 0) is 39.4 Å². The maximum Gasteiger partial charge on any atom is 0.408 e. The molecule has 276 valence electrons. The molecule has 0 radical (unpaired) electrons. The Bertz CT molecular complexity index is 2080. The highest BCUT2D eigenvalue weighted by Gasteiger charge is 2.40. The molecule has 4 unspecified atom stereocenters. The van der Waals surface area contributed by atoms with Crippen LogP contribution in [0.4, 0.5) is 4.79 Å². The normalized spacial score (nSPS) is 19.8. The van der Waals surface area contributed by atoms with Crippen molar-refractivity contribution in [3.63, 3.8) is 0 Å². The maximum atomic E-state index is 13.3. The van der Waals surface area contributed by atoms with Crippen molar-refractivity contribution in [3.05, 3.63) is 161 Å². The molecule has 0 spiro atoms. The van der Waals surface area contributed by atoms with Gasteiger partial charge < -0.3 is 29.8 Å². The van der Waals surface area contributed by atoms with E-state index in [1.165, 1.54) is 22.9 Å². The van der Waals surface area contributed by atoms with Crippen molar-refractivity contribution in [2.75, 3.05) is 5.75 Å². The average Bonchev–Trinajstić information content (AvgIpc) is 3.47. The summed E-state index contributed by atoms with van der Waals surface area (Å²) in [5.74, 6) is -0.322. The number of alkyl carbamates (subject to hydrolysis) is 1. The number of benzene rings is 4. The van der Waals surface area contributed by atoms with E-state index in [0.29, 0.717) is 17.2 Å². The Kier molecular flexibility index (Phi) is 11.6. The summed E-state index contributed by atoms with van der Waals surface area (Å²) in [6, 6.07) is 36.5. The quantitative estimate of drug-likeness (QED) is 0.0645. The highest BCUT2D eigenvalue weighted by atomic mass is 32.2. The maximum absolute atomic E-state index is 13.3. The number of hydrogen-bond donors (Lipinski definition) is 2. The number of imide groups is 1. The molecule has 12 heteroatoms. The molecule has 0 saturated carbocycles. The Morgan fingerprint density at radius 1 is 0.870 bits per heavy atom. The van der Waals surface area contributed by atoms with Crippen LogP contribution >= 0.6 is 11.8 Å². The zero-order valence-electron chi connectivity index (χ0n) is 29.3.